The van der Waals surface area contributed by atoms with Gasteiger partial charge in [-0.05, 0) is 54.4 Å². The van der Waals surface area contributed by atoms with E-state index in [1.54, 1.807) is 19.2 Å². The van der Waals surface area contributed by atoms with Gasteiger partial charge >= 0.3 is 0 Å². The van der Waals surface area contributed by atoms with E-state index < -0.39 is 0 Å². The SMILES string of the molecule is CNC(=O)CCc1cc(-c2ccc(-c3ccc(C)cc3)cc2)n(-c2ccc(NC(=O)c3ccnc(OC)c3)cc2)n1. The second-order valence-corrected chi connectivity index (χ2v) is 9.64. The first-order valence-corrected chi connectivity index (χ1v) is 13.3. The molecule has 0 aliphatic carbocycles. The molecule has 206 valence electrons. The Morgan fingerprint density at radius 1 is 0.854 bits per heavy atom. The maximum absolute atomic E-state index is 12.7. The molecule has 0 spiro atoms. The topological polar surface area (TPSA) is 98.1 Å². The molecule has 0 fully saturated rings. The summed E-state index contributed by atoms with van der Waals surface area (Å²) in [5, 5.41) is 10.4. The predicted octanol–water partition coefficient (Wildman–Crippen LogP) is 5.85. The number of ether oxygens (including phenoxy) is 1. The second kappa shape index (κ2) is 12.3. The number of carbonyl (C=O) groups excluding carboxylic acids is 2. The highest BCUT2D eigenvalue weighted by Crippen LogP contribution is 2.28. The number of methoxy groups -OCH3 is 1. The van der Waals surface area contributed by atoms with E-state index in [0.29, 0.717) is 30.0 Å². The average Bonchev–Trinajstić information content (AvgIpc) is 3.45. The van der Waals surface area contributed by atoms with Gasteiger partial charge in [0.2, 0.25) is 11.8 Å². The number of aromatic nitrogens is 3. The van der Waals surface area contributed by atoms with Gasteiger partial charge in [0.25, 0.3) is 5.91 Å². The van der Waals surface area contributed by atoms with Crippen LogP contribution in [-0.4, -0.2) is 40.7 Å². The highest BCUT2D eigenvalue weighted by molar-refractivity contribution is 6.04. The molecule has 5 aromatic rings. The molecule has 0 bridgehead atoms. The van der Waals surface area contributed by atoms with Crippen LogP contribution in [0.1, 0.15) is 28.0 Å². The van der Waals surface area contributed by atoms with Gasteiger partial charge in [0.1, 0.15) is 0 Å². The van der Waals surface area contributed by atoms with Gasteiger partial charge in [-0.2, -0.15) is 5.10 Å². The Bertz CT molecular complexity index is 1660. The standard InChI is InChI=1S/C33H31N5O3/c1-22-4-6-23(7-5-22)24-8-10-25(11-9-24)30-21-28(14-17-31(39)34-2)37-38(30)29-15-12-27(13-16-29)36-33(40)26-18-19-35-32(20-26)41-3/h4-13,15-16,18-21H,14,17H2,1-3H3,(H,34,39)(H,36,40). The summed E-state index contributed by atoms with van der Waals surface area (Å²) in [7, 11) is 3.14. The molecule has 8 heteroatoms. The Morgan fingerprint density at radius 3 is 2.17 bits per heavy atom. The third-order valence-electron chi connectivity index (χ3n) is 6.79. The fourth-order valence-corrected chi connectivity index (χ4v) is 4.45. The summed E-state index contributed by atoms with van der Waals surface area (Å²) in [5.74, 6) is 0.0807. The van der Waals surface area contributed by atoms with Crippen molar-refractivity contribution in [3.05, 3.63) is 114 Å². The molecule has 8 nitrogen and oxygen atoms in total. The molecular formula is C33H31N5O3. The number of nitrogens with zero attached hydrogens (tertiary/aromatic N) is 3. The minimum atomic E-state index is -0.261. The van der Waals surface area contributed by atoms with Crippen LogP contribution in [0.15, 0.2) is 97.2 Å². The lowest BCUT2D eigenvalue weighted by atomic mass is 10.0. The van der Waals surface area contributed by atoms with E-state index in [4.69, 9.17) is 9.84 Å². The van der Waals surface area contributed by atoms with E-state index in [-0.39, 0.29) is 11.8 Å². The van der Waals surface area contributed by atoms with Crippen molar-refractivity contribution >= 4 is 17.5 Å². The molecule has 2 N–H and O–H groups in total. The average molecular weight is 546 g/mol. The molecule has 2 amide bonds. The van der Waals surface area contributed by atoms with Crippen LogP contribution in [0.25, 0.3) is 28.1 Å². The third kappa shape index (κ3) is 6.50. The van der Waals surface area contributed by atoms with Crippen LogP contribution < -0.4 is 15.4 Å². The van der Waals surface area contributed by atoms with Crippen molar-refractivity contribution < 1.29 is 14.3 Å². The molecule has 41 heavy (non-hydrogen) atoms. The van der Waals surface area contributed by atoms with E-state index in [2.05, 4.69) is 71.1 Å². The van der Waals surface area contributed by atoms with Crippen LogP contribution in [0.4, 0.5) is 5.69 Å². The lowest BCUT2D eigenvalue weighted by molar-refractivity contribution is -0.120. The highest BCUT2D eigenvalue weighted by atomic mass is 16.5. The Balaban J connectivity index is 1.41. The fourth-order valence-electron chi connectivity index (χ4n) is 4.45. The molecule has 0 unspecified atom stereocenters. The monoisotopic (exact) mass is 545 g/mol. The molecule has 0 atom stereocenters. The molecule has 2 aromatic heterocycles. The van der Waals surface area contributed by atoms with Crippen LogP contribution in [-0.2, 0) is 11.2 Å². The lowest BCUT2D eigenvalue weighted by Gasteiger charge is -2.11. The van der Waals surface area contributed by atoms with Crippen molar-refractivity contribution in [3.8, 4) is 34.0 Å². The number of nitrogens with one attached hydrogen (secondary N) is 2. The minimum Gasteiger partial charge on any atom is -0.481 e. The Labute approximate surface area is 239 Å². The van der Waals surface area contributed by atoms with Crippen molar-refractivity contribution in [1.29, 1.82) is 0 Å². The molecule has 0 aliphatic rings. The number of amides is 2. The number of benzene rings is 3. The molecule has 0 aliphatic heterocycles. The van der Waals surface area contributed by atoms with Crippen LogP contribution in [0.5, 0.6) is 5.88 Å². The van der Waals surface area contributed by atoms with Gasteiger partial charge in [0, 0.05) is 49.0 Å². The van der Waals surface area contributed by atoms with Gasteiger partial charge in [-0.1, -0.05) is 54.1 Å². The van der Waals surface area contributed by atoms with Gasteiger partial charge in [-0.25, -0.2) is 9.67 Å². The van der Waals surface area contributed by atoms with Crippen molar-refractivity contribution in [2.45, 2.75) is 19.8 Å². The van der Waals surface area contributed by atoms with Crippen LogP contribution >= 0.6 is 0 Å². The number of aryl methyl sites for hydroxylation is 2. The lowest BCUT2D eigenvalue weighted by Crippen LogP contribution is -2.18. The quantitative estimate of drug-likeness (QED) is 0.242. The van der Waals surface area contributed by atoms with Crippen LogP contribution in [0, 0.1) is 6.92 Å². The number of carbonyl (C=O) groups is 2. The van der Waals surface area contributed by atoms with Gasteiger partial charge in [-0.3, -0.25) is 9.59 Å². The van der Waals surface area contributed by atoms with Crippen molar-refractivity contribution in [1.82, 2.24) is 20.1 Å². The summed E-state index contributed by atoms with van der Waals surface area (Å²) < 4.78 is 6.99. The summed E-state index contributed by atoms with van der Waals surface area (Å²) in [6, 6.07) is 29.6. The summed E-state index contributed by atoms with van der Waals surface area (Å²) in [4.78, 5) is 28.7. The summed E-state index contributed by atoms with van der Waals surface area (Å²) in [5.41, 5.74) is 8.16. The number of hydrogen-bond acceptors (Lipinski definition) is 5. The Morgan fingerprint density at radius 2 is 1.51 bits per heavy atom. The van der Waals surface area contributed by atoms with E-state index in [1.807, 2.05) is 35.0 Å². The molecule has 2 heterocycles. The third-order valence-corrected chi connectivity index (χ3v) is 6.79. The van der Waals surface area contributed by atoms with E-state index >= 15 is 0 Å². The highest BCUT2D eigenvalue weighted by Gasteiger charge is 2.14. The first kappa shape index (κ1) is 27.3. The minimum absolute atomic E-state index is 0.0320. The molecule has 3 aromatic carbocycles. The van der Waals surface area contributed by atoms with E-state index in [0.717, 1.165) is 33.8 Å². The second-order valence-electron chi connectivity index (χ2n) is 9.64. The summed E-state index contributed by atoms with van der Waals surface area (Å²) in [6.45, 7) is 2.08. The zero-order valence-corrected chi connectivity index (χ0v) is 23.2. The normalized spacial score (nSPS) is 10.7. The Kier molecular flexibility index (Phi) is 8.20. The van der Waals surface area contributed by atoms with Crippen LogP contribution in [0.3, 0.4) is 0 Å². The fraction of sp³-hybridized carbons (Fsp3) is 0.152. The van der Waals surface area contributed by atoms with Gasteiger partial charge in [0.15, 0.2) is 0 Å². The molecule has 0 radical (unpaired) electrons. The van der Waals surface area contributed by atoms with Gasteiger partial charge in [0.05, 0.1) is 24.2 Å². The van der Waals surface area contributed by atoms with Gasteiger partial charge < -0.3 is 15.4 Å². The smallest absolute Gasteiger partial charge is 0.255 e. The molecule has 5 rings (SSSR count). The molecule has 0 saturated heterocycles. The zero-order chi connectivity index (χ0) is 28.8. The number of hydrogen-bond donors (Lipinski definition) is 2. The zero-order valence-electron chi connectivity index (χ0n) is 23.2. The number of pyridine rings is 1. The van der Waals surface area contributed by atoms with Crippen LogP contribution in [0.2, 0.25) is 0 Å². The summed E-state index contributed by atoms with van der Waals surface area (Å²) >= 11 is 0. The first-order chi connectivity index (χ1) is 19.9. The predicted molar refractivity (Wildman–Crippen MR) is 160 cm³/mol. The maximum Gasteiger partial charge on any atom is 0.255 e. The van der Waals surface area contributed by atoms with E-state index in [9.17, 15) is 9.59 Å². The largest absolute Gasteiger partial charge is 0.481 e. The molecular weight excluding hydrogens is 514 g/mol. The van der Waals surface area contributed by atoms with Crippen molar-refractivity contribution in [3.63, 3.8) is 0 Å². The first-order valence-electron chi connectivity index (χ1n) is 13.3. The van der Waals surface area contributed by atoms with Crippen molar-refractivity contribution in [2.75, 3.05) is 19.5 Å². The molecule has 0 saturated carbocycles. The van der Waals surface area contributed by atoms with E-state index in [1.165, 1.54) is 18.9 Å². The maximum atomic E-state index is 12.7. The van der Waals surface area contributed by atoms with Gasteiger partial charge in [-0.15, -0.1) is 0 Å². The summed E-state index contributed by atoms with van der Waals surface area (Å²) in [6.07, 6.45) is 2.40. The Hall–Kier alpha value is -5.24. The number of anilines is 1. The van der Waals surface area contributed by atoms with Crippen molar-refractivity contribution in [2.24, 2.45) is 0 Å². The number of rotatable bonds is 9.